The number of aromatic nitrogens is 2. The number of benzene rings is 1. The number of rotatable bonds is 2. The number of nitrogens with zero attached hydrogens (tertiary/aromatic N) is 3. The Hall–Kier alpha value is -2.43. The summed E-state index contributed by atoms with van der Waals surface area (Å²) in [7, 11) is 0. The van der Waals surface area contributed by atoms with Crippen LogP contribution in [0.2, 0.25) is 0 Å². The standard InChI is InChI=1S/C12H9N3O2/c16-11(17)12(15-7-3-6-13-15)8-9-4-1-2-5-10(9)14-12/h1-8H,(H,16,17). The van der Waals surface area contributed by atoms with Crippen molar-refractivity contribution in [1.29, 1.82) is 0 Å². The zero-order valence-electron chi connectivity index (χ0n) is 8.82. The van der Waals surface area contributed by atoms with E-state index >= 15 is 0 Å². The molecular weight excluding hydrogens is 218 g/mol. The third-order valence-corrected chi connectivity index (χ3v) is 2.75. The van der Waals surface area contributed by atoms with Crippen LogP contribution in [0.4, 0.5) is 0 Å². The van der Waals surface area contributed by atoms with Crippen LogP contribution in [0.15, 0.2) is 47.7 Å². The molecule has 2 aromatic rings. The third-order valence-electron chi connectivity index (χ3n) is 2.75. The molecule has 1 aliphatic heterocycles. The van der Waals surface area contributed by atoms with Gasteiger partial charge in [0.1, 0.15) is 0 Å². The summed E-state index contributed by atoms with van der Waals surface area (Å²) in [5.41, 5.74) is -1.45. The fourth-order valence-electron chi connectivity index (χ4n) is 1.94. The highest BCUT2D eigenvalue weighted by molar-refractivity contribution is 5.85. The van der Waals surface area contributed by atoms with Gasteiger partial charge in [-0.25, -0.2) is 14.5 Å². The maximum atomic E-state index is 11.5. The molecule has 0 radical (unpaired) electrons. The Kier molecular flexibility index (Phi) is 1.89. The normalized spacial score (nSPS) is 21.4. The second-order valence-electron chi connectivity index (χ2n) is 3.80. The van der Waals surface area contributed by atoms with Gasteiger partial charge in [-0.3, -0.25) is 0 Å². The van der Waals surface area contributed by atoms with Crippen LogP contribution in [0, 0.1) is 0 Å². The van der Waals surface area contributed by atoms with E-state index in [0.717, 1.165) is 5.22 Å². The maximum absolute atomic E-state index is 11.5. The van der Waals surface area contributed by atoms with E-state index in [4.69, 9.17) is 0 Å². The number of carbonyl (C=O) groups is 1. The van der Waals surface area contributed by atoms with Crippen LogP contribution in [0.25, 0.3) is 6.08 Å². The first-order chi connectivity index (χ1) is 8.22. The van der Waals surface area contributed by atoms with Gasteiger partial charge in [-0.2, -0.15) is 5.10 Å². The van der Waals surface area contributed by atoms with Crippen molar-refractivity contribution in [3.63, 3.8) is 0 Å². The van der Waals surface area contributed by atoms with Gasteiger partial charge in [0.05, 0.1) is 5.36 Å². The van der Waals surface area contributed by atoms with E-state index in [0.29, 0.717) is 5.36 Å². The molecule has 5 nitrogen and oxygen atoms in total. The number of hydrogen-bond acceptors (Lipinski definition) is 3. The maximum Gasteiger partial charge on any atom is 0.358 e. The predicted molar refractivity (Wildman–Crippen MR) is 59.5 cm³/mol. The van der Waals surface area contributed by atoms with Crippen molar-refractivity contribution in [3.05, 3.63) is 53.3 Å². The second kappa shape index (κ2) is 3.28. The Morgan fingerprint density at radius 2 is 2.12 bits per heavy atom. The van der Waals surface area contributed by atoms with Crippen LogP contribution in [-0.4, -0.2) is 20.9 Å². The van der Waals surface area contributed by atoms with Gasteiger partial charge in [-0.15, -0.1) is 0 Å². The van der Waals surface area contributed by atoms with Gasteiger partial charge in [0.25, 0.3) is 5.66 Å². The SMILES string of the molecule is O=C(O)C1(n2cccn2)C=c2ccccc2=N1. The van der Waals surface area contributed by atoms with Crippen LogP contribution >= 0.6 is 0 Å². The van der Waals surface area contributed by atoms with Crippen LogP contribution < -0.4 is 10.6 Å². The first-order valence-corrected chi connectivity index (χ1v) is 5.14. The van der Waals surface area contributed by atoms with E-state index in [2.05, 4.69) is 10.1 Å². The van der Waals surface area contributed by atoms with E-state index in [-0.39, 0.29) is 0 Å². The summed E-state index contributed by atoms with van der Waals surface area (Å²) in [6.45, 7) is 0. The molecule has 84 valence electrons. The zero-order valence-corrected chi connectivity index (χ0v) is 8.82. The van der Waals surface area contributed by atoms with Gasteiger partial charge < -0.3 is 5.11 Å². The number of para-hydroxylation sites is 1. The summed E-state index contributed by atoms with van der Waals surface area (Å²) in [5.74, 6) is -1.04. The third kappa shape index (κ3) is 1.29. The molecule has 3 rings (SSSR count). The molecule has 5 heteroatoms. The Balaban J connectivity index is 2.32. The quantitative estimate of drug-likeness (QED) is 0.768. The average Bonchev–Trinajstić information content (AvgIpc) is 2.96. The molecule has 0 saturated carbocycles. The Morgan fingerprint density at radius 3 is 2.76 bits per heavy atom. The van der Waals surface area contributed by atoms with Crippen molar-refractivity contribution in [2.45, 2.75) is 5.66 Å². The summed E-state index contributed by atoms with van der Waals surface area (Å²) in [6.07, 6.45) is 4.74. The first kappa shape index (κ1) is 9.77. The van der Waals surface area contributed by atoms with Crippen LogP contribution in [0.1, 0.15) is 0 Å². The first-order valence-electron chi connectivity index (χ1n) is 5.14. The molecule has 1 aromatic heterocycles. The summed E-state index contributed by atoms with van der Waals surface area (Å²) < 4.78 is 1.34. The summed E-state index contributed by atoms with van der Waals surface area (Å²) >= 11 is 0. The van der Waals surface area contributed by atoms with Crippen molar-refractivity contribution < 1.29 is 9.90 Å². The molecule has 0 amide bonds. The smallest absolute Gasteiger partial charge is 0.358 e. The van der Waals surface area contributed by atoms with E-state index in [1.54, 1.807) is 24.4 Å². The zero-order chi connectivity index (χ0) is 11.9. The van der Waals surface area contributed by atoms with Gasteiger partial charge in [0.2, 0.25) is 0 Å². The lowest BCUT2D eigenvalue weighted by molar-refractivity contribution is -0.144. The van der Waals surface area contributed by atoms with E-state index in [9.17, 15) is 9.90 Å². The Morgan fingerprint density at radius 1 is 1.29 bits per heavy atom. The van der Waals surface area contributed by atoms with E-state index in [1.165, 1.54) is 10.9 Å². The molecule has 1 aromatic carbocycles. The lowest BCUT2D eigenvalue weighted by atomic mass is 10.1. The molecule has 1 N–H and O–H groups in total. The Bertz CT molecular complexity index is 654. The summed E-state index contributed by atoms with van der Waals surface area (Å²) in [4.78, 5) is 15.8. The van der Waals surface area contributed by atoms with Crippen LogP contribution in [-0.2, 0) is 10.5 Å². The minimum Gasteiger partial charge on any atom is -0.478 e. The summed E-state index contributed by atoms with van der Waals surface area (Å²) in [5, 5.41) is 14.9. The van der Waals surface area contributed by atoms with Gasteiger partial charge in [0, 0.05) is 17.6 Å². The predicted octanol–water partition coefficient (Wildman–Crippen LogP) is -0.266. The lowest BCUT2D eigenvalue weighted by Gasteiger charge is -2.19. The largest absolute Gasteiger partial charge is 0.478 e. The molecule has 17 heavy (non-hydrogen) atoms. The molecule has 0 bridgehead atoms. The summed E-state index contributed by atoms with van der Waals surface area (Å²) in [6, 6.07) is 8.99. The van der Waals surface area contributed by atoms with Gasteiger partial charge in [0.15, 0.2) is 0 Å². The monoisotopic (exact) mass is 227 g/mol. The molecular formula is C12H9N3O2. The molecule has 2 heterocycles. The van der Waals surface area contributed by atoms with Gasteiger partial charge in [-0.05, 0) is 18.2 Å². The highest BCUT2D eigenvalue weighted by Crippen LogP contribution is 2.21. The average molecular weight is 227 g/mol. The highest BCUT2D eigenvalue weighted by Gasteiger charge is 2.40. The van der Waals surface area contributed by atoms with Crippen molar-refractivity contribution >= 4 is 12.0 Å². The molecule has 0 fully saturated rings. The highest BCUT2D eigenvalue weighted by atomic mass is 16.4. The molecule has 1 aliphatic rings. The fourth-order valence-corrected chi connectivity index (χ4v) is 1.94. The molecule has 0 saturated heterocycles. The lowest BCUT2D eigenvalue weighted by Crippen LogP contribution is -2.37. The van der Waals surface area contributed by atoms with E-state index in [1.807, 2.05) is 18.2 Å². The van der Waals surface area contributed by atoms with Crippen LogP contribution in [0.5, 0.6) is 0 Å². The molecule has 0 spiro atoms. The van der Waals surface area contributed by atoms with Crippen molar-refractivity contribution in [1.82, 2.24) is 9.78 Å². The number of carboxylic acid groups (broad SMARTS) is 1. The minimum absolute atomic E-state index is 0.672. The number of carboxylic acids is 1. The second-order valence-corrected chi connectivity index (χ2v) is 3.80. The number of aliphatic carboxylic acids is 1. The topological polar surface area (TPSA) is 67.5 Å². The van der Waals surface area contributed by atoms with Gasteiger partial charge in [-0.1, -0.05) is 18.2 Å². The number of fused-ring (bicyclic) bond motifs is 1. The van der Waals surface area contributed by atoms with E-state index < -0.39 is 11.6 Å². The fraction of sp³-hybridized carbons (Fsp3) is 0.0833. The van der Waals surface area contributed by atoms with Gasteiger partial charge >= 0.3 is 5.97 Å². The number of hydrogen-bond donors (Lipinski definition) is 1. The molecule has 1 atom stereocenters. The molecule has 0 aliphatic carbocycles. The van der Waals surface area contributed by atoms with Crippen molar-refractivity contribution in [3.8, 4) is 0 Å². The van der Waals surface area contributed by atoms with Crippen molar-refractivity contribution in [2.24, 2.45) is 4.99 Å². The minimum atomic E-state index is -1.45. The van der Waals surface area contributed by atoms with Crippen molar-refractivity contribution in [2.75, 3.05) is 0 Å². The Labute approximate surface area is 96.3 Å². The molecule has 1 unspecified atom stereocenters. The van der Waals surface area contributed by atoms with Crippen LogP contribution in [0.3, 0.4) is 0 Å².